The number of imide groups is 1. The molecule has 0 aromatic heterocycles. The summed E-state index contributed by atoms with van der Waals surface area (Å²) in [5, 5.41) is 1.75. The quantitative estimate of drug-likeness (QED) is 0.588. The number of nitrogens with two attached hydrogens (primary N) is 1. The van der Waals surface area contributed by atoms with E-state index in [0.717, 1.165) is 4.90 Å². The Labute approximate surface area is 155 Å². The third-order valence-electron chi connectivity index (χ3n) is 5.51. The van der Waals surface area contributed by atoms with Crippen LogP contribution < -0.4 is 5.32 Å². The number of thioether (sulfide) groups is 1. The van der Waals surface area contributed by atoms with Crippen molar-refractivity contribution in [3.05, 3.63) is 35.6 Å². The maximum atomic E-state index is 13.8. The van der Waals surface area contributed by atoms with Gasteiger partial charge in [-0.1, -0.05) is 12.1 Å². The van der Waals surface area contributed by atoms with Crippen molar-refractivity contribution in [1.82, 2.24) is 4.90 Å². The first-order valence-corrected chi connectivity index (χ1v) is 9.77. The highest BCUT2D eigenvalue weighted by molar-refractivity contribution is 7.98. The van der Waals surface area contributed by atoms with Crippen molar-refractivity contribution >= 4 is 29.5 Å². The van der Waals surface area contributed by atoms with E-state index in [4.69, 9.17) is 4.74 Å². The number of nitrogens with zero attached hydrogens (tertiary/aromatic N) is 1. The lowest BCUT2D eigenvalue weighted by Gasteiger charge is -2.28. The highest BCUT2D eigenvalue weighted by Gasteiger charge is 2.71. The van der Waals surface area contributed by atoms with Crippen molar-refractivity contribution in [3.8, 4) is 0 Å². The van der Waals surface area contributed by atoms with E-state index in [1.165, 1.54) is 26.3 Å². The minimum Gasteiger partial charge on any atom is -0.464 e. The molecule has 26 heavy (non-hydrogen) atoms. The van der Waals surface area contributed by atoms with E-state index in [1.54, 1.807) is 29.2 Å². The molecule has 6 nitrogen and oxygen atoms in total. The first-order valence-electron chi connectivity index (χ1n) is 8.37. The van der Waals surface area contributed by atoms with Crippen molar-refractivity contribution in [1.29, 1.82) is 0 Å². The number of halogens is 1. The summed E-state index contributed by atoms with van der Waals surface area (Å²) in [7, 11) is 2.72. The van der Waals surface area contributed by atoms with Gasteiger partial charge in [0.1, 0.15) is 23.7 Å². The Morgan fingerprint density at radius 2 is 2.12 bits per heavy atom. The Hall–Kier alpha value is -1.93. The number of likely N-dealkylation sites (tertiary alicyclic amines) is 1. The fourth-order valence-corrected chi connectivity index (χ4v) is 4.82. The van der Waals surface area contributed by atoms with E-state index in [9.17, 15) is 18.8 Å². The topological polar surface area (TPSA) is 80.3 Å². The predicted molar refractivity (Wildman–Crippen MR) is 93.6 cm³/mol. The van der Waals surface area contributed by atoms with Gasteiger partial charge in [0.2, 0.25) is 17.4 Å². The van der Waals surface area contributed by atoms with Gasteiger partial charge >= 0.3 is 5.97 Å². The third kappa shape index (κ3) is 2.72. The van der Waals surface area contributed by atoms with Crippen LogP contribution in [-0.2, 0) is 19.1 Å². The normalized spacial score (nSPS) is 30.6. The zero-order valence-electron chi connectivity index (χ0n) is 14.9. The van der Waals surface area contributed by atoms with Gasteiger partial charge in [0.05, 0.1) is 7.11 Å². The van der Waals surface area contributed by atoms with E-state index < -0.39 is 35.2 Å². The molecular weight excluding hydrogens is 359 g/mol. The lowest BCUT2D eigenvalue weighted by atomic mass is 9.78. The summed E-state index contributed by atoms with van der Waals surface area (Å²) in [6, 6.07) is 5.46. The van der Waals surface area contributed by atoms with Crippen LogP contribution in [0.3, 0.4) is 0 Å². The van der Waals surface area contributed by atoms with Crippen molar-refractivity contribution in [2.75, 3.05) is 26.2 Å². The maximum absolute atomic E-state index is 13.8. The Morgan fingerprint density at radius 3 is 2.73 bits per heavy atom. The Kier molecular flexibility index (Phi) is 5.07. The van der Waals surface area contributed by atoms with E-state index in [-0.39, 0.29) is 11.8 Å². The molecule has 2 fully saturated rings. The van der Waals surface area contributed by atoms with Crippen molar-refractivity contribution in [3.63, 3.8) is 0 Å². The van der Waals surface area contributed by atoms with Crippen molar-refractivity contribution < 1.29 is 28.8 Å². The second-order valence-corrected chi connectivity index (χ2v) is 7.75. The molecule has 3 rings (SSSR count). The van der Waals surface area contributed by atoms with E-state index in [1.807, 2.05) is 6.26 Å². The molecule has 0 radical (unpaired) electrons. The van der Waals surface area contributed by atoms with Crippen LogP contribution in [0.5, 0.6) is 0 Å². The number of hydrogen-bond acceptors (Lipinski definition) is 5. The molecule has 0 spiro atoms. The summed E-state index contributed by atoms with van der Waals surface area (Å²) in [5.74, 6) is -2.53. The summed E-state index contributed by atoms with van der Waals surface area (Å²) in [6.45, 7) is 0. The zero-order chi connectivity index (χ0) is 19.1. The highest BCUT2D eigenvalue weighted by Crippen LogP contribution is 2.45. The molecule has 2 aliphatic heterocycles. The van der Waals surface area contributed by atoms with Gasteiger partial charge in [-0.05, 0) is 24.1 Å². The molecule has 2 N–H and O–H groups in total. The van der Waals surface area contributed by atoms with Gasteiger partial charge in [-0.2, -0.15) is 11.8 Å². The number of rotatable bonds is 5. The van der Waals surface area contributed by atoms with Crippen LogP contribution in [0.2, 0.25) is 0 Å². The monoisotopic (exact) mass is 381 g/mol. The molecule has 1 aromatic rings. The van der Waals surface area contributed by atoms with Gasteiger partial charge in [-0.3, -0.25) is 14.5 Å². The van der Waals surface area contributed by atoms with Crippen LogP contribution in [0.25, 0.3) is 0 Å². The van der Waals surface area contributed by atoms with Crippen LogP contribution in [-0.4, -0.2) is 54.4 Å². The SMILES string of the molecule is COC(=O)[C@]1(CCSC)[NH2+][C@H](c2cccc(F)c2)[C@@H]2C(=O)N(C)C(=O)[C@H]21. The van der Waals surface area contributed by atoms with Gasteiger partial charge in [0.25, 0.3) is 0 Å². The van der Waals surface area contributed by atoms with Crippen LogP contribution in [0, 0.1) is 17.7 Å². The second-order valence-electron chi connectivity index (χ2n) is 6.76. The van der Waals surface area contributed by atoms with Crippen LogP contribution in [0.15, 0.2) is 24.3 Å². The average molecular weight is 381 g/mol. The molecule has 2 heterocycles. The molecular formula is C18H22FN2O4S+. The smallest absolute Gasteiger partial charge is 0.368 e. The number of fused-ring (bicyclic) bond motifs is 1. The van der Waals surface area contributed by atoms with Crippen molar-refractivity contribution in [2.24, 2.45) is 11.8 Å². The highest BCUT2D eigenvalue weighted by atomic mass is 32.2. The Balaban J connectivity index is 2.13. The number of amides is 2. The van der Waals surface area contributed by atoms with E-state index >= 15 is 0 Å². The lowest BCUT2D eigenvalue weighted by molar-refractivity contribution is -0.734. The predicted octanol–water partition coefficient (Wildman–Crippen LogP) is 0.340. The lowest BCUT2D eigenvalue weighted by Crippen LogP contribution is -2.98. The number of benzene rings is 1. The second kappa shape index (κ2) is 7.00. The van der Waals surface area contributed by atoms with Crippen LogP contribution >= 0.6 is 11.8 Å². The first-order chi connectivity index (χ1) is 12.4. The molecule has 8 heteroatoms. The summed E-state index contributed by atoms with van der Waals surface area (Å²) in [4.78, 5) is 39.5. The van der Waals surface area contributed by atoms with Crippen LogP contribution in [0.4, 0.5) is 4.39 Å². The first kappa shape index (κ1) is 18.8. The minimum atomic E-state index is -1.18. The van der Waals surface area contributed by atoms with Gasteiger partial charge in [-0.15, -0.1) is 0 Å². The number of methoxy groups -OCH3 is 1. The number of quaternary nitrogens is 1. The molecule has 2 saturated heterocycles. The fourth-order valence-electron chi connectivity index (χ4n) is 4.28. The maximum Gasteiger partial charge on any atom is 0.368 e. The molecule has 2 aliphatic rings. The summed E-state index contributed by atoms with van der Waals surface area (Å²) in [6.07, 6.45) is 2.30. The summed E-state index contributed by atoms with van der Waals surface area (Å²) >= 11 is 1.55. The van der Waals surface area contributed by atoms with Crippen molar-refractivity contribution in [2.45, 2.75) is 18.0 Å². The minimum absolute atomic E-state index is 0.333. The number of carbonyl (C=O) groups is 3. The molecule has 0 bridgehead atoms. The molecule has 140 valence electrons. The third-order valence-corrected chi connectivity index (χ3v) is 6.12. The van der Waals surface area contributed by atoms with Gasteiger partial charge in [0.15, 0.2) is 0 Å². The largest absolute Gasteiger partial charge is 0.464 e. The Morgan fingerprint density at radius 1 is 1.38 bits per heavy atom. The van der Waals surface area contributed by atoms with E-state index in [0.29, 0.717) is 17.7 Å². The Bertz CT molecular complexity index is 758. The molecule has 0 aliphatic carbocycles. The number of esters is 1. The number of carbonyl (C=O) groups excluding carboxylic acids is 3. The average Bonchev–Trinajstić information content (AvgIpc) is 3.10. The fraction of sp³-hybridized carbons (Fsp3) is 0.500. The molecule has 0 unspecified atom stereocenters. The van der Waals surface area contributed by atoms with Crippen LogP contribution in [0.1, 0.15) is 18.0 Å². The standard InChI is InChI=1S/C18H21FN2O4S/c1-21-15(22)12-13(16(21)23)18(7-8-26-3,17(24)25-2)20-14(12)10-5-4-6-11(19)9-10/h4-6,9,12-14,20H,7-8H2,1-3H3/p+1/t12-,13+,14-,18-/m1/s1. The number of hydrogen-bond donors (Lipinski definition) is 1. The zero-order valence-corrected chi connectivity index (χ0v) is 15.7. The molecule has 0 saturated carbocycles. The number of ether oxygens (including phenoxy) is 1. The summed E-state index contributed by atoms with van der Waals surface area (Å²) in [5.41, 5.74) is -0.594. The van der Waals surface area contributed by atoms with E-state index in [2.05, 4.69) is 0 Å². The van der Waals surface area contributed by atoms with Gasteiger partial charge in [-0.25, -0.2) is 9.18 Å². The van der Waals surface area contributed by atoms with Gasteiger partial charge in [0, 0.05) is 19.0 Å². The molecule has 4 atom stereocenters. The molecule has 1 aromatic carbocycles. The summed E-state index contributed by atoms with van der Waals surface area (Å²) < 4.78 is 18.8. The van der Waals surface area contributed by atoms with Gasteiger partial charge < -0.3 is 10.1 Å². The molecule has 2 amide bonds.